The molecule has 3 aromatic rings. The maximum atomic E-state index is 12.7. The molecule has 4 rings (SSSR count). The molecule has 0 N–H and O–H groups in total. The number of rotatable bonds is 4. The van der Waals surface area contributed by atoms with E-state index in [0.717, 1.165) is 32.9 Å². The number of benzene rings is 2. The Balaban J connectivity index is 1.54. The predicted octanol–water partition coefficient (Wildman–Crippen LogP) is 7.56. The van der Waals surface area contributed by atoms with Crippen LogP contribution in [0.3, 0.4) is 0 Å². The second-order valence-electron chi connectivity index (χ2n) is 6.68. The van der Waals surface area contributed by atoms with E-state index in [1.54, 1.807) is 30.3 Å². The summed E-state index contributed by atoms with van der Waals surface area (Å²) in [6.07, 6.45) is 1.59. The first-order valence-corrected chi connectivity index (χ1v) is 11.2. The molecule has 1 saturated heterocycles. The minimum atomic E-state index is -0.367. The summed E-state index contributed by atoms with van der Waals surface area (Å²) in [6.45, 7) is 2.13. The molecule has 0 bridgehead atoms. The van der Waals surface area contributed by atoms with Gasteiger partial charge in [-0.2, -0.15) is 0 Å². The number of thioether (sulfide) groups is 1. The zero-order chi connectivity index (χ0) is 21.4. The minimum Gasteiger partial charge on any atom is -0.457 e. The number of carbonyl (C=O) groups is 2. The number of furan rings is 1. The summed E-state index contributed by atoms with van der Waals surface area (Å²) in [5, 5.41) is 0.458. The van der Waals surface area contributed by atoms with Gasteiger partial charge in [-0.1, -0.05) is 51.3 Å². The van der Waals surface area contributed by atoms with Crippen molar-refractivity contribution in [2.24, 2.45) is 0 Å². The van der Waals surface area contributed by atoms with Gasteiger partial charge in [0.15, 0.2) is 0 Å². The lowest BCUT2D eigenvalue weighted by Crippen LogP contribution is -2.27. The molecule has 1 aliphatic rings. The topological polar surface area (TPSA) is 50.5 Å². The molecule has 0 atom stereocenters. The van der Waals surface area contributed by atoms with E-state index in [4.69, 9.17) is 27.6 Å². The van der Waals surface area contributed by atoms with Crippen LogP contribution < -0.4 is 0 Å². The molecule has 4 nitrogen and oxygen atoms in total. The minimum absolute atomic E-state index is 0.125. The number of imide groups is 1. The van der Waals surface area contributed by atoms with Gasteiger partial charge < -0.3 is 4.42 Å². The summed E-state index contributed by atoms with van der Waals surface area (Å²) < 4.78 is 6.90. The number of hydrogen-bond acceptors (Lipinski definition) is 4. The second kappa shape index (κ2) is 8.63. The Labute approximate surface area is 196 Å². The summed E-state index contributed by atoms with van der Waals surface area (Å²) in [5.74, 6) is 0.825. The molecule has 0 saturated carbocycles. The van der Waals surface area contributed by atoms with Crippen molar-refractivity contribution < 1.29 is 14.0 Å². The van der Waals surface area contributed by atoms with Crippen molar-refractivity contribution in [2.45, 2.75) is 13.5 Å². The first-order chi connectivity index (χ1) is 14.3. The molecular formula is C22H14BrCl2NO3S. The molecule has 0 aliphatic carbocycles. The standard InChI is InChI=1S/C22H14BrCl2NO3S/c1-12-8-14(3-5-16(12)23)19-7-4-15(29-19)10-20-21(27)26(22(28)30-20)11-13-2-6-17(24)18(25)9-13/h2-10H,11H2,1H3/b20-10-. The van der Waals surface area contributed by atoms with Gasteiger partial charge >= 0.3 is 0 Å². The Hall–Kier alpha value is -1.99. The molecule has 2 heterocycles. The van der Waals surface area contributed by atoms with E-state index in [1.807, 2.05) is 31.2 Å². The monoisotopic (exact) mass is 521 g/mol. The van der Waals surface area contributed by atoms with E-state index in [0.29, 0.717) is 26.5 Å². The first kappa shape index (κ1) is 21.2. The van der Waals surface area contributed by atoms with E-state index < -0.39 is 0 Å². The highest BCUT2D eigenvalue weighted by atomic mass is 79.9. The molecule has 1 aliphatic heterocycles. The second-order valence-corrected chi connectivity index (χ2v) is 9.34. The number of carbonyl (C=O) groups excluding carboxylic acids is 2. The predicted molar refractivity (Wildman–Crippen MR) is 125 cm³/mol. The van der Waals surface area contributed by atoms with Crippen molar-refractivity contribution in [1.29, 1.82) is 0 Å². The van der Waals surface area contributed by atoms with Crippen LogP contribution in [0.1, 0.15) is 16.9 Å². The smallest absolute Gasteiger partial charge is 0.293 e. The van der Waals surface area contributed by atoms with Gasteiger partial charge in [-0.25, -0.2) is 0 Å². The first-order valence-electron chi connectivity index (χ1n) is 8.87. The quantitative estimate of drug-likeness (QED) is 0.331. The number of halogens is 3. The van der Waals surface area contributed by atoms with E-state index >= 15 is 0 Å². The summed E-state index contributed by atoms with van der Waals surface area (Å²) in [6, 6.07) is 14.6. The fraction of sp³-hybridized carbons (Fsp3) is 0.0909. The maximum absolute atomic E-state index is 12.7. The zero-order valence-corrected chi connectivity index (χ0v) is 19.5. The molecule has 30 heavy (non-hydrogen) atoms. The van der Waals surface area contributed by atoms with Gasteiger partial charge in [0, 0.05) is 16.1 Å². The highest BCUT2D eigenvalue weighted by Crippen LogP contribution is 2.35. The van der Waals surface area contributed by atoms with E-state index in [-0.39, 0.29) is 17.7 Å². The van der Waals surface area contributed by atoms with E-state index in [1.165, 1.54) is 4.90 Å². The number of aryl methyl sites for hydroxylation is 1. The SMILES string of the molecule is Cc1cc(-c2ccc(/C=C3\SC(=O)N(Cc4ccc(Cl)c(Cl)c4)C3=O)o2)ccc1Br. The van der Waals surface area contributed by atoms with E-state index in [2.05, 4.69) is 15.9 Å². The van der Waals surface area contributed by atoms with Crippen molar-refractivity contribution in [3.05, 3.63) is 84.8 Å². The molecule has 1 fully saturated rings. The molecule has 1 aromatic heterocycles. The van der Waals surface area contributed by atoms with E-state index in [9.17, 15) is 9.59 Å². The zero-order valence-electron chi connectivity index (χ0n) is 15.6. The lowest BCUT2D eigenvalue weighted by Gasteiger charge is -2.12. The highest BCUT2D eigenvalue weighted by molar-refractivity contribution is 9.10. The fourth-order valence-corrected chi connectivity index (χ4v) is 4.36. The number of nitrogens with zero attached hydrogens (tertiary/aromatic N) is 1. The largest absolute Gasteiger partial charge is 0.457 e. The van der Waals surface area contributed by atoms with Gasteiger partial charge in [0.1, 0.15) is 11.5 Å². The number of amides is 2. The van der Waals surface area contributed by atoms with Crippen molar-refractivity contribution in [3.8, 4) is 11.3 Å². The van der Waals surface area contributed by atoms with Crippen LogP contribution in [0.4, 0.5) is 4.79 Å². The normalized spacial score (nSPS) is 15.5. The van der Waals surface area contributed by atoms with Gasteiger partial charge in [0.25, 0.3) is 11.1 Å². The van der Waals surface area contributed by atoms with Crippen LogP contribution >= 0.6 is 50.9 Å². The summed E-state index contributed by atoms with van der Waals surface area (Å²) >= 11 is 16.3. The average molecular weight is 523 g/mol. The van der Waals surface area contributed by atoms with Gasteiger partial charge in [0.05, 0.1) is 21.5 Å². The molecule has 2 aromatic carbocycles. The van der Waals surface area contributed by atoms with Crippen LogP contribution in [-0.2, 0) is 11.3 Å². The fourth-order valence-electron chi connectivity index (χ4n) is 2.97. The molecule has 0 radical (unpaired) electrons. The van der Waals surface area contributed by atoms with Gasteiger partial charge in [-0.05, 0) is 66.2 Å². The van der Waals surface area contributed by atoms with Gasteiger partial charge in [0.2, 0.25) is 0 Å². The maximum Gasteiger partial charge on any atom is 0.293 e. The Kier molecular flexibility index (Phi) is 6.11. The third-order valence-corrected chi connectivity index (χ3v) is 7.08. The Morgan fingerprint density at radius 1 is 1.07 bits per heavy atom. The molecular weight excluding hydrogens is 509 g/mol. The van der Waals surface area contributed by atoms with Crippen LogP contribution in [0.2, 0.25) is 10.0 Å². The van der Waals surface area contributed by atoms with Crippen LogP contribution in [0.15, 0.2) is 62.3 Å². The van der Waals surface area contributed by atoms with Crippen molar-refractivity contribution >= 4 is 68.1 Å². The van der Waals surface area contributed by atoms with Crippen molar-refractivity contribution in [1.82, 2.24) is 4.90 Å². The molecule has 2 amide bonds. The Morgan fingerprint density at radius 2 is 1.87 bits per heavy atom. The lowest BCUT2D eigenvalue weighted by molar-refractivity contribution is -0.123. The van der Waals surface area contributed by atoms with Gasteiger partial charge in [-0.3, -0.25) is 14.5 Å². The summed E-state index contributed by atoms with van der Waals surface area (Å²) in [7, 11) is 0. The third-order valence-electron chi connectivity index (χ3n) is 4.54. The number of hydrogen-bond donors (Lipinski definition) is 0. The molecule has 152 valence electrons. The molecule has 8 heteroatoms. The Bertz CT molecular complexity index is 1200. The van der Waals surface area contributed by atoms with Gasteiger partial charge in [-0.15, -0.1) is 0 Å². The molecule has 0 spiro atoms. The van der Waals surface area contributed by atoms with Crippen LogP contribution in [-0.4, -0.2) is 16.0 Å². The summed E-state index contributed by atoms with van der Waals surface area (Å²) in [5.41, 5.74) is 2.75. The average Bonchev–Trinajstić information content (AvgIpc) is 3.27. The summed E-state index contributed by atoms with van der Waals surface area (Å²) in [4.78, 5) is 26.6. The highest BCUT2D eigenvalue weighted by Gasteiger charge is 2.35. The Morgan fingerprint density at radius 3 is 2.60 bits per heavy atom. The van der Waals surface area contributed by atoms with Crippen LogP contribution in [0.5, 0.6) is 0 Å². The third kappa shape index (κ3) is 4.37. The lowest BCUT2D eigenvalue weighted by atomic mass is 10.1. The van der Waals surface area contributed by atoms with Crippen LogP contribution in [0.25, 0.3) is 17.4 Å². The van der Waals surface area contributed by atoms with Crippen molar-refractivity contribution in [3.63, 3.8) is 0 Å². The van der Waals surface area contributed by atoms with Crippen LogP contribution in [0, 0.1) is 6.92 Å². The van der Waals surface area contributed by atoms with Crippen molar-refractivity contribution in [2.75, 3.05) is 0 Å². The molecule has 0 unspecified atom stereocenters.